The van der Waals surface area contributed by atoms with Crippen molar-refractivity contribution in [3.05, 3.63) is 267 Å². The van der Waals surface area contributed by atoms with Gasteiger partial charge in [-0.15, -0.1) is 0 Å². The maximum absolute atomic E-state index is 6.53. The monoisotopic (exact) mass is 870 g/mol. The molecule has 0 saturated heterocycles. The molecule has 0 fully saturated rings. The van der Waals surface area contributed by atoms with E-state index in [1.807, 2.05) is 6.07 Å². The van der Waals surface area contributed by atoms with Gasteiger partial charge in [-0.2, -0.15) is 0 Å². The quantitative estimate of drug-likeness (QED) is 0.128. The van der Waals surface area contributed by atoms with Gasteiger partial charge in [0, 0.05) is 49.9 Å². The van der Waals surface area contributed by atoms with Crippen molar-refractivity contribution in [2.75, 3.05) is 4.90 Å². The van der Waals surface area contributed by atoms with E-state index in [0.29, 0.717) is 0 Å². The van der Waals surface area contributed by atoms with E-state index in [2.05, 4.69) is 259 Å². The van der Waals surface area contributed by atoms with E-state index in [1.54, 1.807) is 0 Å². The molecule has 0 N–H and O–H groups in total. The van der Waals surface area contributed by atoms with Gasteiger partial charge in [0.25, 0.3) is 0 Å². The summed E-state index contributed by atoms with van der Waals surface area (Å²) in [5.74, 6) is 0. The number of hydrogen-bond acceptors (Lipinski definition) is 2. The molecular formula is C65H46N2O. The van der Waals surface area contributed by atoms with Crippen LogP contribution in [0.1, 0.15) is 12.5 Å². The van der Waals surface area contributed by atoms with E-state index in [4.69, 9.17) is 11.0 Å². The average Bonchev–Trinajstić information content (AvgIpc) is 3.96. The maximum atomic E-state index is 6.53. The van der Waals surface area contributed by atoms with E-state index in [0.717, 1.165) is 83.6 Å². The summed E-state index contributed by atoms with van der Waals surface area (Å²) in [5, 5.41) is 7.09. The number of para-hydroxylation sites is 3. The lowest BCUT2D eigenvalue weighted by Crippen LogP contribution is -2.15. The van der Waals surface area contributed by atoms with E-state index < -0.39 is 0 Å². The van der Waals surface area contributed by atoms with Crippen molar-refractivity contribution >= 4 is 71.5 Å². The van der Waals surface area contributed by atoms with E-state index in [9.17, 15) is 0 Å². The highest BCUT2D eigenvalue weighted by atomic mass is 16.3. The lowest BCUT2D eigenvalue weighted by atomic mass is 9.98. The number of anilines is 2. The number of nitrogens with zero attached hydrogens (tertiary/aromatic N) is 2. The topological polar surface area (TPSA) is 21.3 Å². The smallest absolute Gasteiger partial charge is 0.143 e. The number of furan rings is 1. The standard InChI is InChI=1S/C65H46N2O/c1-3-50(37-31-44(2)54-25-16-30-62-64(54)59-24-12-13-29-61(59)67(62)51-21-8-5-9-22-51)66(53-40-34-48(35-41-53)56-26-14-20-46-19-10-11-23-55(46)56)52-38-32-45(33-39-52)49-36-42-63-60(43-49)58-28-15-27-57(65(58)68-63)47-17-6-4-7-18-47/h3-43H,2H2,1H3/b37-31-,50-3+. The molecule has 2 heterocycles. The number of rotatable bonds is 10. The molecule has 0 unspecified atom stereocenters. The number of hydrogen-bond donors (Lipinski definition) is 0. The molecule has 0 radical (unpaired) electrons. The van der Waals surface area contributed by atoms with Gasteiger partial charge >= 0.3 is 0 Å². The second-order valence-electron chi connectivity index (χ2n) is 17.3. The Balaban J connectivity index is 0.924. The zero-order chi connectivity index (χ0) is 45.6. The summed E-state index contributed by atoms with van der Waals surface area (Å²) in [7, 11) is 0. The van der Waals surface area contributed by atoms with E-state index in [1.165, 1.54) is 38.2 Å². The zero-order valence-electron chi connectivity index (χ0n) is 37.7. The Hall–Kier alpha value is -8.92. The molecule has 0 bridgehead atoms. The van der Waals surface area contributed by atoms with Gasteiger partial charge in [-0.1, -0.05) is 189 Å². The number of benzene rings is 10. The van der Waals surface area contributed by atoms with Crippen LogP contribution in [0.25, 0.3) is 99.2 Å². The van der Waals surface area contributed by atoms with Crippen molar-refractivity contribution in [1.82, 2.24) is 4.57 Å². The molecule has 12 rings (SSSR count). The normalized spacial score (nSPS) is 12.0. The molecule has 0 aliphatic heterocycles. The first kappa shape index (κ1) is 40.6. The molecular weight excluding hydrogens is 825 g/mol. The zero-order valence-corrected chi connectivity index (χ0v) is 37.7. The van der Waals surface area contributed by atoms with Crippen molar-refractivity contribution in [3.63, 3.8) is 0 Å². The Kier molecular flexibility index (Phi) is 10.2. The van der Waals surface area contributed by atoms with Gasteiger partial charge in [-0.3, -0.25) is 0 Å². The maximum Gasteiger partial charge on any atom is 0.143 e. The van der Waals surface area contributed by atoms with Crippen LogP contribution in [-0.2, 0) is 0 Å². The third kappa shape index (κ3) is 7.09. The molecule has 3 heteroatoms. The largest absolute Gasteiger partial charge is 0.455 e. The van der Waals surface area contributed by atoms with Crippen molar-refractivity contribution in [3.8, 4) is 39.1 Å². The van der Waals surface area contributed by atoms with Crippen LogP contribution >= 0.6 is 0 Å². The minimum absolute atomic E-state index is 0.881. The van der Waals surface area contributed by atoms with Gasteiger partial charge in [-0.25, -0.2) is 0 Å². The average molecular weight is 871 g/mol. The van der Waals surface area contributed by atoms with Crippen molar-refractivity contribution in [2.24, 2.45) is 0 Å². The van der Waals surface area contributed by atoms with Crippen molar-refractivity contribution < 1.29 is 4.42 Å². The van der Waals surface area contributed by atoms with Crippen LogP contribution in [0.4, 0.5) is 11.4 Å². The Labute approximate surface area is 396 Å². The number of allylic oxidation sites excluding steroid dienone is 4. The Morgan fingerprint density at radius 2 is 1.06 bits per heavy atom. The summed E-state index contributed by atoms with van der Waals surface area (Å²) in [6.45, 7) is 6.81. The van der Waals surface area contributed by atoms with Crippen LogP contribution < -0.4 is 4.90 Å². The SMILES string of the molecule is C=C(/C=C\C(=C/C)N(c1ccc(-c2ccc3oc4c(-c5ccccc5)cccc4c3c2)cc1)c1ccc(-c2cccc3ccccc23)cc1)c1cccc2c1c1ccccc1n2-c1ccccc1. The number of aromatic nitrogens is 1. The van der Waals surface area contributed by atoms with Crippen LogP contribution in [0.15, 0.2) is 265 Å². The molecule has 0 aliphatic carbocycles. The molecule has 0 amide bonds. The predicted octanol–water partition coefficient (Wildman–Crippen LogP) is 18.1. The second kappa shape index (κ2) is 17.1. The summed E-state index contributed by atoms with van der Waals surface area (Å²) in [4.78, 5) is 2.33. The highest BCUT2D eigenvalue weighted by Crippen LogP contribution is 2.41. The molecule has 2 aromatic heterocycles. The molecule has 0 spiro atoms. The lowest BCUT2D eigenvalue weighted by molar-refractivity contribution is 0.670. The molecule has 3 nitrogen and oxygen atoms in total. The molecule has 322 valence electrons. The van der Waals surface area contributed by atoms with Gasteiger partial charge < -0.3 is 13.9 Å². The van der Waals surface area contributed by atoms with Crippen molar-refractivity contribution in [1.29, 1.82) is 0 Å². The highest BCUT2D eigenvalue weighted by molar-refractivity contribution is 6.14. The summed E-state index contributed by atoms with van der Waals surface area (Å²) in [6.07, 6.45) is 6.55. The van der Waals surface area contributed by atoms with Gasteiger partial charge in [0.2, 0.25) is 0 Å². The summed E-state index contributed by atoms with van der Waals surface area (Å²) in [5.41, 5.74) is 17.3. The van der Waals surface area contributed by atoms with Crippen LogP contribution in [-0.4, -0.2) is 4.57 Å². The minimum atomic E-state index is 0.881. The molecule has 0 saturated carbocycles. The first-order valence-corrected chi connectivity index (χ1v) is 23.2. The minimum Gasteiger partial charge on any atom is -0.455 e. The third-order valence-electron chi connectivity index (χ3n) is 13.3. The van der Waals surface area contributed by atoms with E-state index >= 15 is 0 Å². The molecule has 10 aromatic carbocycles. The van der Waals surface area contributed by atoms with Gasteiger partial charge in [0.05, 0.1) is 11.0 Å². The molecule has 12 aromatic rings. The Morgan fingerprint density at radius 1 is 0.471 bits per heavy atom. The van der Waals surface area contributed by atoms with Gasteiger partial charge in [0.15, 0.2) is 0 Å². The van der Waals surface area contributed by atoms with Gasteiger partial charge in [-0.05, 0) is 123 Å². The fourth-order valence-corrected chi connectivity index (χ4v) is 10.1. The third-order valence-corrected chi connectivity index (χ3v) is 13.3. The Bertz CT molecular complexity index is 3900. The fourth-order valence-electron chi connectivity index (χ4n) is 10.1. The van der Waals surface area contributed by atoms with Crippen molar-refractivity contribution in [2.45, 2.75) is 6.92 Å². The molecule has 0 aliphatic rings. The highest BCUT2D eigenvalue weighted by Gasteiger charge is 2.19. The lowest BCUT2D eigenvalue weighted by Gasteiger charge is -2.27. The van der Waals surface area contributed by atoms with Crippen LogP contribution in [0.5, 0.6) is 0 Å². The summed E-state index contributed by atoms with van der Waals surface area (Å²) < 4.78 is 8.88. The van der Waals surface area contributed by atoms with Gasteiger partial charge in [0.1, 0.15) is 11.2 Å². The van der Waals surface area contributed by atoms with Crippen LogP contribution in [0, 0.1) is 0 Å². The predicted molar refractivity (Wildman–Crippen MR) is 289 cm³/mol. The second-order valence-corrected chi connectivity index (χ2v) is 17.3. The summed E-state index contributed by atoms with van der Waals surface area (Å²) >= 11 is 0. The summed E-state index contributed by atoms with van der Waals surface area (Å²) in [6, 6.07) is 82.2. The fraction of sp³-hybridized carbons (Fsp3) is 0.0154. The molecule has 0 atom stereocenters. The van der Waals surface area contributed by atoms with Crippen LogP contribution in [0.3, 0.4) is 0 Å². The molecule has 68 heavy (non-hydrogen) atoms. The Morgan fingerprint density at radius 3 is 1.84 bits per heavy atom. The van der Waals surface area contributed by atoms with Crippen LogP contribution in [0.2, 0.25) is 0 Å². The first-order chi connectivity index (χ1) is 33.6. The number of fused-ring (bicyclic) bond motifs is 7. The van der Waals surface area contributed by atoms with E-state index in [-0.39, 0.29) is 0 Å². The first-order valence-electron chi connectivity index (χ1n) is 23.2.